The van der Waals surface area contributed by atoms with Crippen LogP contribution in [-0.4, -0.2) is 18.0 Å². The lowest BCUT2D eigenvalue weighted by molar-refractivity contribution is -0.136. The molecule has 0 radical (unpaired) electrons. The second-order valence-electron chi connectivity index (χ2n) is 5.39. The SMILES string of the molecule is O=C(N/N=C/c1ccc(Cl)c(Cl)c1)C(=O)Nc1ccc2ccccc2c1. The van der Waals surface area contributed by atoms with E-state index in [1.54, 1.807) is 30.3 Å². The summed E-state index contributed by atoms with van der Waals surface area (Å²) >= 11 is 11.7. The zero-order valence-corrected chi connectivity index (χ0v) is 14.9. The van der Waals surface area contributed by atoms with E-state index < -0.39 is 11.8 Å². The van der Waals surface area contributed by atoms with Crippen LogP contribution in [0, 0.1) is 0 Å². The van der Waals surface area contributed by atoms with Crippen molar-refractivity contribution in [2.24, 2.45) is 5.10 Å². The number of hydrazone groups is 1. The topological polar surface area (TPSA) is 70.6 Å². The lowest BCUT2D eigenvalue weighted by Gasteiger charge is -2.05. The number of amides is 2. The molecule has 5 nitrogen and oxygen atoms in total. The summed E-state index contributed by atoms with van der Waals surface area (Å²) in [5.41, 5.74) is 3.32. The molecule has 0 saturated carbocycles. The molecule has 0 saturated heterocycles. The van der Waals surface area contributed by atoms with Gasteiger partial charge in [0.1, 0.15) is 0 Å². The zero-order valence-electron chi connectivity index (χ0n) is 13.4. The highest BCUT2D eigenvalue weighted by molar-refractivity contribution is 6.42. The summed E-state index contributed by atoms with van der Waals surface area (Å²) in [6.45, 7) is 0. The third-order valence-corrected chi connectivity index (χ3v) is 4.28. The van der Waals surface area contributed by atoms with Crippen LogP contribution >= 0.6 is 23.2 Å². The van der Waals surface area contributed by atoms with E-state index in [0.29, 0.717) is 21.3 Å². The number of nitrogens with one attached hydrogen (secondary N) is 2. The van der Waals surface area contributed by atoms with Crippen molar-refractivity contribution in [2.75, 3.05) is 5.32 Å². The van der Waals surface area contributed by atoms with Crippen molar-refractivity contribution in [1.29, 1.82) is 0 Å². The molecule has 0 spiro atoms. The molecule has 0 aliphatic rings. The van der Waals surface area contributed by atoms with Crippen molar-refractivity contribution >= 4 is 57.7 Å². The summed E-state index contributed by atoms with van der Waals surface area (Å²) in [4.78, 5) is 23.8. The van der Waals surface area contributed by atoms with Crippen molar-refractivity contribution in [3.05, 3.63) is 76.3 Å². The molecule has 3 aromatic carbocycles. The molecule has 0 bridgehead atoms. The maximum atomic E-state index is 12.0. The number of halogens is 2. The Bertz CT molecular complexity index is 1020. The fourth-order valence-electron chi connectivity index (χ4n) is 2.26. The first-order chi connectivity index (χ1) is 12.5. The van der Waals surface area contributed by atoms with E-state index in [2.05, 4.69) is 15.8 Å². The molecule has 0 aliphatic heterocycles. The first-order valence-electron chi connectivity index (χ1n) is 7.61. The Hall–Kier alpha value is -2.89. The number of benzene rings is 3. The molecule has 2 N–H and O–H groups in total. The van der Waals surface area contributed by atoms with Gasteiger partial charge >= 0.3 is 11.8 Å². The normalized spacial score (nSPS) is 10.8. The van der Waals surface area contributed by atoms with Crippen LogP contribution in [0.2, 0.25) is 10.0 Å². The van der Waals surface area contributed by atoms with Gasteiger partial charge in [0.05, 0.1) is 16.3 Å². The molecule has 0 aromatic heterocycles. The molecule has 26 heavy (non-hydrogen) atoms. The van der Waals surface area contributed by atoms with Gasteiger partial charge in [-0.3, -0.25) is 9.59 Å². The Morgan fingerprint density at radius 3 is 2.38 bits per heavy atom. The minimum atomic E-state index is -0.880. The van der Waals surface area contributed by atoms with Gasteiger partial charge in [-0.2, -0.15) is 5.10 Å². The van der Waals surface area contributed by atoms with Gasteiger partial charge in [0.15, 0.2) is 0 Å². The molecule has 0 atom stereocenters. The first-order valence-corrected chi connectivity index (χ1v) is 8.37. The quantitative estimate of drug-likeness (QED) is 0.402. The Balaban J connectivity index is 1.60. The van der Waals surface area contributed by atoms with Crippen LogP contribution in [0.25, 0.3) is 10.8 Å². The molecule has 0 fully saturated rings. The second-order valence-corrected chi connectivity index (χ2v) is 6.20. The number of fused-ring (bicyclic) bond motifs is 1. The summed E-state index contributed by atoms with van der Waals surface area (Å²) in [7, 11) is 0. The maximum Gasteiger partial charge on any atom is 0.329 e. The van der Waals surface area contributed by atoms with E-state index in [-0.39, 0.29) is 0 Å². The van der Waals surface area contributed by atoms with Crippen LogP contribution in [0.3, 0.4) is 0 Å². The van der Waals surface area contributed by atoms with Gasteiger partial charge in [0, 0.05) is 5.69 Å². The van der Waals surface area contributed by atoms with Crippen LogP contribution in [-0.2, 0) is 9.59 Å². The maximum absolute atomic E-state index is 12.0. The zero-order chi connectivity index (χ0) is 18.5. The smallest absolute Gasteiger partial charge is 0.318 e. The van der Waals surface area contributed by atoms with E-state index in [9.17, 15) is 9.59 Å². The van der Waals surface area contributed by atoms with Crippen LogP contribution in [0.1, 0.15) is 5.56 Å². The Morgan fingerprint density at radius 1 is 0.846 bits per heavy atom. The van der Waals surface area contributed by atoms with Gasteiger partial charge in [0.25, 0.3) is 0 Å². The molecular weight excluding hydrogens is 373 g/mol. The highest BCUT2D eigenvalue weighted by Gasteiger charge is 2.13. The van der Waals surface area contributed by atoms with Crippen molar-refractivity contribution in [3.63, 3.8) is 0 Å². The van der Waals surface area contributed by atoms with E-state index in [0.717, 1.165) is 10.8 Å². The minimum Gasteiger partial charge on any atom is -0.318 e. The molecule has 130 valence electrons. The van der Waals surface area contributed by atoms with Crippen molar-refractivity contribution in [2.45, 2.75) is 0 Å². The molecule has 3 aromatic rings. The Morgan fingerprint density at radius 2 is 1.62 bits per heavy atom. The Kier molecular flexibility index (Phi) is 5.51. The summed E-state index contributed by atoms with van der Waals surface area (Å²) in [6, 6.07) is 18.0. The number of anilines is 1. The van der Waals surface area contributed by atoms with E-state index in [4.69, 9.17) is 23.2 Å². The molecular formula is C19H13Cl2N3O2. The van der Waals surface area contributed by atoms with Gasteiger partial charge < -0.3 is 5.32 Å². The van der Waals surface area contributed by atoms with E-state index in [1.165, 1.54) is 6.21 Å². The second kappa shape index (κ2) is 7.99. The fraction of sp³-hybridized carbons (Fsp3) is 0. The van der Waals surface area contributed by atoms with Gasteiger partial charge in [0.2, 0.25) is 0 Å². The largest absolute Gasteiger partial charge is 0.329 e. The average Bonchev–Trinajstić information content (AvgIpc) is 2.64. The third kappa shape index (κ3) is 4.39. The van der Waals surface area contributed by atoms with Crippen molar-refractivity contribution < 1.29 is 9.59 Å². The van der Waals surface area contributed by atoms with Crippen LogP contribution in [0.5, 0.6) is 0 Å². The number of hydrogen-bond acceptors (Lipinski definition) is 3. The van der Waals surface area contributed by atoms with Gasteiger partial charge in [-0.1, -0.05) is 59.6 Å². The summed E-state index contributed by atoms with van der Waals surface area (Å²) in [5.74, 6) is -1.69. The van der Waals surface area contributed by atoms with Gasteiger partial charge in [-0.05, 0) is 40.6 Å². The summed E-state index contributed by atoms with van der Waals surface area (Å²) in [5, 5.41) is 9.07. The van der Waals surface area contributed by atoms with Crippen molar-refractivity contribution in [1.82, 2.24) is 5.43 Å². The van der Waals surface area contributed by atoms with E-state index >= 15 is 0 Å². The lowest BCUT2D eigenvalue weighted by atomic mass is 10.1. The van der Waals surface area contributed by atoms with Gasteiger partial charge in [-0.25, -0.2) is 5.43 Å². The summed E-state index contributed by atoms with van der Waals surface area (Å²) in [6.07, 6.45) is 1.36. The van der Waals surface area contributed by atoms with Crippen LogP contribution in [0.4, 0.5) is 5.69 Å². The number of carbonyl (C=O) groups is 2. The highest BCUT2D eigenvalue weighted by atomic mass is 35.5. The molecule has 0 unspecified atom stereocenters. The fourth-order valence-corrected chi connectivity index (χ4v) is 2.57. The number of hydrogen-bond donors (Lipinski definition) is 2. The molecule has 2 amide bonds. The number of rotatable bonds is 3. The lowest BCUT2D eigenvalue weighted by Crippen LogP contribution is -2.32. The molecule has 7 heteroatoms. The monoisotopic (exact) mass is 385 g/mol. The Labute approximate surface area is 159 Å². The predicted octanol–water partition coefficient (Wildman–Crippen LogP) is 4.24. The standard InChI is InChI=1S/C19H13Cl2N3O2/c20-16-8-5-12(9-17(16)21)11-22-24-19(26)18(25)23-15-7-6-13-3-1-2-4-14(13)10-15/h1-11H,(H,23,25)(H,24,26)/b22-11+. The number of carbonyl (C=O) groups excluding carboxylic acids is 2. The predicted molar refractivity (Wildman–Crippen MR) is 105 cm³/mol. The molecule has 0 aliphatic carbocycles. The first kappa shape index (κ1) is 17.9. The summed E-state index contributed by atoms with van der Waals surface area (Å²) < 4.78 is 0. The van der Waals surface area contributed by atoms with Crippen LogP contribution < -0.4 is 10.7 Å². The van der Waals surface area contributed by atoms with Crippen LogP contribution in [0.15, 0.2) is 65.8 Å². The molecule has 3 rings (SSSR count). The third-order valence-electron chi connectivity index (χ3n) is 3.54. The van der Waals surface area contributed by atoms with Crippen molar-refractivity contribution in [3.8, 4) is 0 Å². The number of nitrogens with zero attached hydrogens (tertiary/aromatic N) is 1. The van der Waals surface area contributed by atoms with E-state index in [1.807, 2.05) is 30.3 Å². The highest BCUT2D eigenvalue weighted by Crippen LogP contribution is 2.21. The van der Waals surface area contributed by atoms with Gasteiger partial charge in [-0.15, -0.1) is 0 Å². The average molecular weight is 386 g/mol. The molecule has 0 heterocycles. The minimum absolute atomic E-state index is 0.371.